The highest BCUT2D eigenvalue weighted by Gasteiger charge is 2.29. The largest absolute Gasteiger partial charge is 0.496 e. The van der Waals surface area contributed by atoms with E-state index in [0.29, 0.717) is 56.5 Å². The normalized spacial score (nSPS) is 15.4. The smallest absolute Gasteiger partial charge is 0.289 e. The van der Waals surface area contributed by atoms with Gasteiger partial charge in [0.2, 0.25) is 10.0 Å². The van der Waals surface area contributed by atoms with Gasteiger partial charge in [0.15, 0.2) is 5.76 Å². The van der Waals surface area contributed by atoms with Crippen molar-refractivity contribution in [3.05, 3.63) is 89.9 Å². The number of carbonyl (C=O) groups is 1. The van der Waals surface area contributed by atoms with Gasteiger partial charge >= 0.3 is 0 Å². The molecule has 1 amide bonds. The highest BCUT2D eigenvalue weighted by Crippen LogP contribution is 2.25. The zero-order chi connectivity index (χ0) is 28.8. The minimum atomic E-state index is -3.56. The summed E-state index contributed by atoms with van der Waals surface area (Å²) < 4.78 is 38.8. The average Bonchev–Trinajstić information content (AvgIpc) is 3.50. The monoisotopic (exact) mass is 565 g/mol. The Balaban J connectivity index is 1.36. The van der Waals surface area contributed by atoms with Crippen LogP contribution in [0.3, 0.4) is 0 Å². The van der Waals surface area contributed by atoms with E-state index in [2.05, 4.69) is 25.7 Å². The summed E-state index contributed by atoms with van der Waals surface area (Å²) in [4.78, 5) is 17.4. The first kappa shape index (κ1) is 29.6. The van der Waals surface area contributed by atoms with E-state index < -0.39 is 10.0 Å². The highest BCUT2D eigenvalue weighted by atomic mass is 32.2. The Morgan fingerprint density at radius 2 is 1.70 bits per heavy atom. The number of sulfonamides is 1. The van der Waals surface area contributed by atoms with Crippen molar-refractivity contribution in [2.24, 2.45) is 0 Å². The molecule has 0 saturated carbocycles. The van der Waals surface area contributed by atoms with Crippen molar-refractivity contribution >= 4 is 22.0 Å². The molecule has 1 aliphatic heterocycles. The van der Waals surface area contributed by atoms with Crippen LogP contribution < -0.4 is 4.74 Å². The van der Waals surface area contributed by atoms with Crippen molar-refractivity contribution in [3.63, 3.8) is 0 Å². The van der Waals surface area contributed by atoms with Gasteiger partial charge in [-0.05, 0) is 41.3 Å². The van der Waals surface area contributed by atoms with E-state index in [1.165, 1.54) is 6.26 Å². The number of hydrogen-bond acceptors (Lipinski definition) is 6. The summed E-state index contributed by atoms with van der Waals surface area (Å²) >= 11 is 0. The summed E-state index contributed by atoms with van der Waals surface area (Å²) in [5, 5.41) is 0. The third-order valence-corrected chi connectivity index (χ3v) is 9.07. The quantitative estimate of drug-likeness (QED) is 0.353. The molecule has 1 aliphatic rings. The average molecular weight is 566 g/mol. The highest BCUT2D eigenvalue weighted by molar-refractivity contribution is 7.89. The van der Waals surface area contributed by atoms with Crippen LogP contribution in [-0.2, 0) is 15.4 Å². The third kappa shape index (κ3) is 7.21. The Labute approximate surface area is 237 Å². The molecule has 1 aromatic heterocycles. The SMILES string of the molecule is COc1ccccc1/C=C/CN(CCN1CCN(S(=O)(=O)c2ccc(C(C)(C)C)cc2)CC1)C(=O)c1ccco1. The summed E-state index contributed by atoms with van der Waals surface area (Å²) in [7, 11) is -1.92. The van der Waals surface area contributed by atoms with Crippen molar-refractivity contribution < 1.29 is 22.4 Å². The van der Waals surface area contributed by atoms with Crippen molar-refractivity contribution in [2.45, 2.75) is 31.1 Å². The summed E-state index contributed by atoms with van der Waals surface area (Å²) in [6.07, 6.45) is 5.37. The third-order valence-electron chi connectivity index (χ3n) is 7.16. The zero-order valence-electron chi connectivity index (χ0n) is 23.7. The van der Waals surface area contributed by atoms with Gasteiger partial charge in [-0.15, -0.1) is 0 Å². The summed E-state index contributed by atoms with van der Waals surface area (Å²) in [6, 6.07) is 18.3. The standard InChI is InChI=1S/C31H39N3O5S/c1-31(2,3)26-13-15-27(16-14-26)40(36,37)34-22-19-32(20-23-34)18-21-33(30(35)29-12-8-24-39-29)17-7-10-25-9-5-6-11-28(25)38-4/h5-16,24H,17-23H2,1-4H3/b10-7+. The molecule has 214 valence electrons. The number of hydrogen-bond donors (Lipinski definition) is 0. The second kappa shape index (κ2) is 12.8. The number of carbonyl (C=O) groups excluding carboxylic acids is 1. The Morgan fingerprint density at radius 1 is 1.00 bits per heavy atom. The lowest BCUT2D eigenvalue weighted by molar-refractivity contribution is 0.0714. The van der Waals surface area contributed by atoms with Gasteiger partial charge in [-0.2, -0.15) is 4.31 Å². The second-order valence-electron chi connectivity index (χ2n) is 10.9. The molecule has 8 nitrogen and oxygen atoms in total. The Bertz CT molecular complexity index is 1390. The molecule has 0 spiro atoms. The molecule has 0 bridgehead atoms. The molecule has 0 N–H and O–H groups in total. The van der Waals surface area contributed by atoms with Crippen LogP contribution in [0.1, 0.15) is 42.5 Å². The van der Waals surface area contributed by atoms with Gasteiger partial charge in [0.25, 0.3) is 5.91 Å². The molecule has 1 fully saturated rings. The minimum absolute atomic E-state index is 0.0374. The molecule has 2 aromatic carbocycles. The number of furan rings is 1. The van der Waals surface area contributed by atoms with Gasteiger partial charge in [0.1, 0.15) is 5.75 Å². The fourth-order valence-electron chi connectivity index (χ4n) is 4.67. The van der Waals surface area contributed by atoms with Crippen LogP contribution in [0.25, 0.3) is 6.08 Å². The minimum Gasteiger partial charge on any atom is -0.496 e. The van der Waals surface area contributed by atoms with Crippen molar-refractivity contribution in [1.82, 2.24) is 14.1 Å². The van der Waals surface area contributed by atoms with Crippen LogP contribution in [0.5, 0.6) is 5.75 Å². The molecule has 0 unspecified atom stereocenters. The topological polar surface area (TPSA) is 83.3 Å². The van der Waals surface area contributed by atoms with Gasteiger partial charge in [-0.3, -0.25) is 9.69 Å². The first-order valence-electron chi connectivity index (χ1n) is 13.5. The van der Waals surface area contributed by atoms with E-state index >= 15 is 0 Å². The zero-order valence-corrected chi connectivity index (χ0v) is 24.6. The number of benzene rings is 2. The van der Waals surface area contributed by atoms with E-state index in [1.54, 1.807) is 40.6 Å². The van der Waals surface area contributed by atoms with Gasteiger partial charge < -0.3 is 14.1 Å². The predicted molar refractivity (Wildman–Crippen MR) is 157 cm³/mol. The maximum atomic E-state index is 13.3. The van der Waals surface area contributed by atoms with Crippen LogP contribution in [0.15, 0.2) is 82.3 Å². The van der Waals surface area contributed by atoms with E-state index in [0.717, 1.165) is 16.9 Å². The van der Waals surface area contributed by atoms with Gasteiger partial charge in [-0.1, -0.05) is 63.3 Å². The number of ether oxygens (including phenoxy) is 1. The van der Waals surface area contributed by atoms with Crippen LogP contribution in [0.2, 0.25) is 0 Å². The van der Waals surface area contributed by atoms with Crippen LogP contribution in [0.4, 0.5) is 0 Å². The van der Waals surface area contributed by atoms with Gasteiger partial charge in [0, 0.05) is 51.4 Å². The molecular formula is C31H39N3O5S. The maximum absolute atomic E-state index is 13.3. The van der Waals surface area contributed by atoms with Crippen LogP contribution >= 0.6 is 0 Å². The molecule has 2 heterocycles. The number of methoxy groups -OCH3 is 1. The Hall–Kier alpha value is -3.40. The summed E-state index contributed by atoms with van der Waals surface area (Å²) in [5.41, 5.74) is 1.99. The molecule has 1 saturated heterocycles. The number of rotatable bonds is 10. The first-order valence-corrected chi connectivity index (χ1v) is 15.0. The van der Waals surface area contributed by atoms with Crippen molar-refractivity contribution in [2.75, 3.05) is 52.9 Å². The molecular weight excluding hydrogens is 526 g/mol. The molecule has 3 aromatic rings. The lowest BCUT2D eigenvalue weighted by atomic mass is 9.87. The second-order valence-corrected chi connectivity index (χ2v) is 12.8. The fraction of sp³-hybridized carbons (Fsp3) is 0.387. The Kier molecular flexibility index (Phi) is 9.50. The molecule has 0 atom stereocenters. The van der Waals surface area contributed by atoms with E-state index in [-0.39, 0.29) is 11.3 Å². The number of piperazine rings is 1. The van der Waals surface area contributed by atoms with E-state index in [9.17, 15) is 13.2 Å². The maximum Gasteiger partial charge on any atom is 0.289 e. The van der Waals surface area contributed by atoms with Crippen LogP contribution in [0, 0.1) is 0 Å². The first-order chi connectivity index (χ1) is 19.1. The van der Waals surface area contributed by atoms with Crippen molar-refractivity contribution in [3.8, 4) is 5.75 Å². The molecule has 40 heavy (non-hydrogen) atoms. The van der Waals surface area contributed by atoms with E-state index in [4.69, 9.17) is 9.15 Å². The van der Waals surface area contributed by atoms with Crippen molar-refractivity contribution in [1.29, 1.82) is 0 Å². The van der Waals surface area contributed by atoms with E-state index in [1.807, 2.05) is 48.6 Å². The molecule has 0 radical (unpaired) electrons. The number of nitrogens with zero attached hydrogens (tertiary/aromatic N) is 3. The summed E-state index contributed by atoms with van der Waals surface area (Å²) in [6.45, 7) is 9.84. The number of amides is 1. The lowest BCUT2D eigenvalue weighted by Crippen LogP contribution is -2.50. The predicted octanol–water partition coefficient (Wildman–Crippen LogP) is 4.75. The fourth-order valence-corrected chi connectivity index (χ4v) is 6.10. The molecule has 0 aliphatic carbocycles. The molecule has 4 rings (SSSR count). The van der Waals surface area contributed by atoms with Gasteiger partial charge in [0.05, 0.1) is 18.3 Å². The van der Waals surface area contributed by atoms with Gasteiger partial charge in [-0.25, -0.2) is 8.42 Å². The Morgan fingerprint density at radius 3 is 2.33 bits per heavy atom. The summed E-state index contributed by atoms with van der Waals surface area (Å²) in [5.74, 6) is 0.870. The number of para-hydroxylation sites is 1. The molecule has 9 heteroatoms. The lowest BCUT2D eigenvalue weighted by Gasteiger charge is -2.35. The van der Waals surface area contributed by atoms with Crippen LogP contribution in [-0.4, -0.2) is 81.4 Å².